The molecule has 0 bridgehead atoms. The first-order chi connectivity index (χ1) is 12.2. The third-order valence-corrected chi connectivity index (χ3v) is 3.78. The first-order valence-electron chi connectivity index (χ1n) is 9.87. The van der Waals surface area contributed by atoms with Crippen molar-refractivity contribution in [1.29, 1.82) is 0 Å². The van der Waals surface area contributed by atoms with Gasteiger partial charge in [0.15, 0.2) is 0 Å². The number of hydrogen-bond donors (Lipinski definition) is 0. The second-order valence-electron chi connectivity index (χ2n) is 6.17. The molecule has 0 unspecified atom stereocenters. The summed E-state index contributed by atoms with van der Waals surface area (Å²) in [6.07, 6.45) is 18.9. The van der Waals surface area contributed by atoms with Gasteiger partial charge in [-0.15, -0.1) is 0 Å². The maximum Gasteiger partial charge on any atom is 0.331 e. The molecule has 0 aromatic carbocycles. The Morgan fingerprint density at radius 2 is 1.20 bits per heavy atom. The maximum absolute atomic E-state index is 11.5. The highest BCUT2D eigenvalue weighted by molar-refractivity contribution is 5.91. The second kappa shape index (κ2) is 18.8. The van der Waals surface area contributed by atoms with Crippen LogP contribution in [0, 0.1) is 0 Å². The number of rotatable bonds is 16. The van der Waals surface area contributed by atoms with Gasteiger partial charge in [-0.3, -0.25) is 0 Å². The Labute approximate surface area is 153 Å². The molecule has 0 N–H and O–H groups in total. The highest BCUT2D eigenvalue weighted by Crippen LogP contribution is 2.09. The Morgan fingerprint density at radius 1 is 0.680 bits per heavy atom. The molecule has 4 nitrogen and oxygen atoms in total. The molecule has 0 atom stereocenters. The number of ether oxygens (including phenoxy) is 2. The number of carbonyl (C=O) groups is 2. The summed E-state index contributed by atoms with van der Waals surface area (Å²) in [5, 5.41) is 0. The minimum absolute atomic E-state index is 0.327. The molecule has 0 saturated heterocycles. The van der Waals surface area contributed by atoms with Gasteiger partial charge in [0, 0.05) is 12.2 Å². The molecule has 0 radical (unpaired) electrons. The third kappa shape index (κ3) is 18.6. The van der Waals surface area contributed by atoms with Gasteiger partial charge in [0.25, 0.3) is 0 Å². The highest BCUT2D eigenvalue weighted by Gasteiger charge is 2.00. The zero-order valence-corrected chi connectivity index (χ0v) is 16.1. The molecular formula is C21H36O4. The summed E-state index contributed by atoms with van der Waals surface area (Å²) in [6, 6.07) is 0. The largest absolute Gasteiger partial charge is 0.463 e. The van der Waals surface area contributed by atoms with E-state index in [-0.39, 0.29) is 0 Å². The van der Waals surface area contributed by atoms with Gasteiger partial charge in [-0.1, -0.05) is 77.4 Å². The van der Waals surface area contributed by atoms with Crippen LogP contribution in [0.25, 0.3) is 0 Å². The number of carbonyl (C=O) groups excluding carboxylic acids is 2. The minimum Gasteiger partial charge on any atom is -0.463 e. The zero-order valence-electron chi connectivity index (χ0n) is 16.1. The van der Waals surface area contributed by atoms with Crippen LogP contribution in [-0.2, 0) is 19.1 Å². The smallest absolute Gasteiger partial charge is 0.331 e. The lowest BCUT2D eigenvalue weighted by Crippen LogP contribution is -2.06. The van der Waals surface area contributed by atoms with E-state index in [0.717, 1.165) is 31.4 Å². The molecular weight excluding hydrogens is 316 g/mol. The standard InChI is InChI=1S/C21H36O4/c1-3-5-7-9-10-11-12-13-15-19-25-21(23)17-16-20(22)24-18-14-8-6-4-2/h6,8,16-17H,3-5,7,9-15,18-19H2,1-2H3/b8-6+,17-16+. The predicted molar refractivity (Wildman–Crippen MR) is 102 cm³/mol. The number of unbranched alkanes of at least 4 members (excludes halogenated alkanes) is 8. The molecule has 0 aliphatic heterocycles. The molecule has 25 heavy (non-hydrogen) atoms. The third-order valence-electron chi connectivity index (χ3n) is 3.78. The van der Waals surface area contributed by atoms with Crippen molar-refractivity contribution >= 4 is 11.9 Å². The fraction of sp³-hybridized carbons (Fsp3) is 0.714. The molecule has 0 heterocycles. The average molecular weight is 353 g/mol. The van der Waals surface area contributed by atoms with Crippen molar-refractivity contribution in [2.24, 2.45) is 0 Å². The van der Waals surface area contributed by atoms with E-state index in [1.807, 2.05) is 19.1 Å². The molecule has 0 aliphatic carbocycles. The van der Waals surface area contributed by atoms with Crippen molar-refractivity contribution in [1.82, 2.24) is 0 Å². The van der Waals surface area contributed by atoms with Gasteiger partial charge in [-0.25, -0.2) is 9.59 Å². The first kappa shape index (κ1) is 23.4. The normalized spacial score (nSPS) is 11.3. The van der Waals surface area contributed by atoms with E-state index < -0.39 is 11.9 Å². The minimum atomic E-state index is -0.509. The van der Waals surface area contributed by atoms with Gasteiger partial charge in [0.1, 0.15) is 0 Å². The van der Waals surface area contributed by atoms with Gasteiger partial charge in [-0.05, 0) is 19.3 Å². The molecule has 0 aliphatic rings. The molecule has 0 saturated carbocycles. The number of esters is 2. The van der Waals surface area contributed by atoms with E-state index in [1.54, 1.807) is 0 Å². The van der Waals surface area contributed by atoms with Crippen LogP contribution < -0.4 is 0 Å². The predicted octanol–water partition coefficient (Wildman–Crippen LogP) is 5.52. The number of allylic oxidation sites excluding steroid dienone is 1. The maximum atomic E-state index is 11.5. The summed E-state index contributed by atoms with van der Waals surface area (Å²) in [5.41, 5.74) is 0. The van der Waals surface area contributed by atoms with Gasteiger partial charge in [-0.2, -0.15) is 0 Å². The van der Waals surface area contributed by atoms with E-state index in [2.05, 4.69) is 6.92 Å². The number of hydrogen-bond acceptors (Lipinski definition) is 4. The Kier molecular flexibility index (Phi) is 17.6. The van der Waals surface area contributed by atoms with Gasteiger partial charge < -0.3 is 9.47 Å². The van der Waals surface area contributed by atoms with Crippen molar-refractivity contribution in [2.75, 3.05) is 13.2 Å². The Balaban J connectivity index is 3.47. The quantitative estimate of drug-likeness (QED) is 0.159. The first-order valence-corrected chi connectivity index (χ1v) is 9.87. The second-order valence-corrected chi connectivity index (χ2v) is 6.17. The van der Waals surface area contributed by atoms with Crippen LogP contribution in [0.3, 0.4) is 0 Å². The van der Waals surface area contributed by atoms with Crippen molar-refractivity contribution in [3.63, 3.8) is 0 Å². The summed E-state index contributed by atoms with van der Waals surface area (Å²) >= 11 is 0. The van der Waals surface area contributed by atoms with Gasteiger partial charge >= 0.3 is 11.9 Å². The summed E-state index contributed by atoms with van der Waals surface area (Å²) in [6.45, 7) is 5.01. The summed E-state index contributed by atoms with van der Waals surface area (Å²) in [4.78, 5) is 22.9. The van der Waals surface area contributed by atoms with Crippen molar-refractivity contribution in [3.05, 3.63) is 24.3 Å². The van der Waals surface area contributed by atoms with Gasteiger partial charge in [0.2, 0.25) is 0 Å². The fourth-order valence-electron chi connectivity index (χ4n) is 2.33. The zero-order chi connectivity index (χ0) is 18.6. The SMILES string of the molecule is CC/C=C/CCOC(=O)/C=C/C(=O)OCCCCCCCCCCC. The molecule has 4 heteroatoms. The molecule has 0 rings (SSSR count). The lowest BCUT2D eigenvalue weighted by Gasteiger charge is -2.03. The van der Waals surface area contributed by atoms with Crippen LogP contribution in [0.1, 0.15) is 84.5 Å². The van der Waals surface area contributed by atoms with E-state index >= 15 is 0 Å². The van der Waals surface area contributed by atoms with E-state index in [0.29, 0.717) is 19.6 Å². The van der Waals surface area contributed by atoms with Crippen LogP contribution >= 0.6 is 0 Å². The van der Waals surface area contributed by atoms with Crippen LogP contribution in [0.2, 0.25) is 0 Å². The van der Waals surface area contributed by atoms with E-state index in [4.69, 9.17) is 9.47 Å². The van der Waals surface area contributed by atoms with Crippen LogP contribution in [-0.4, -0.2) is 25.2 Å². The summed E-state index contributed by atoms with van der Waals surface area (Å²) in [5.74, 6) is -0.993. The molecule has 0 aromatic rings. The Bertz CT molecular complexity index is 385. The average Bonchev–Trinajstić information content (AvgIpc) is 2.61. The lowest BCUT2D eigenvalue weighted by molar-refractivity contribution is -0.140. The van der Waals surface area contributed by atoms with Crippen molar-refractivity contribution in [2.45, 2.75) is 84.5 Å². The van der Waals surface area contributed by atoms with Crippen LogP contribution in [0.5, 0.6) is 0 Å². The molecule has 144 valence electrons. The van der Waals surface area contributed by atoms with E-state index in [9.17, 15) is 9.59 Å². The lowest BCUT2D eigenvalue weighted by atomic mass is 10.1. The summed E-state index contributed by atoms with van der Waals surface area (Å²) in [7, 11) is 0. The highest BCUT2D eigenvalue weighted by atomic mass is 16.5. The van der Waals surface area contributed by atoms with Crippen LogP contribution in [0.4, 0.5) is 0 Å². The Hall–Kier alpha value is -1.58. The van der Waals surface area contributed by atoms with E-state index in [1.165, 1.54) is 44.9 Å². The Morgan fingerprint density at radius 3 is 1.76 bits per heavy atom. The summed E-state index contributed by atoms with van der Waals surface area (Å²) < 4.78 is 10.0. The van der Waals surface area contributed by atoms with Crippen LogP contribution in [0.15, 0.2) is 24.3 Å². The monoisotopic (exact) mass is 352 g/mol. The fourth-order valence-corrected chi connectivity index (χ4v) is 2.33. The molecule has 0 fully saturated rings. The van der Waals surface area contributed by atoms with Crippen molar-refractivity contribution < 1.29 is 19.1 Å². The molecule has 0 spiro atoms. The topological polar surface area (TPSA) is 52.6 Å². The van der Waals surface area contributed by atoms with Crippen molar-refractivity contribution in [3.8, 4) is 0 Å². The molecule has 0 amide bonds. The molecule has 0 aromatic heterocycles. The van der Waals surface area contributed by atoms with Gasteiger partial charge in [0.05, 0.1) is 13.2 Å².